The van der Waals surface area contributed by atoms with Crippen molar-refractivity contribution in [3.05, 3.63) is 84.4 Å². The molecule has 3 aromatic rings. The van der Waals surface area contributed by atoms with Gasteiger partial charge in [-0.25, -0.2) is 0 Å². The summed E-state index contributed by atoms with van der Waals surface area (Å²) in [4.78, 5) is 25.0. The number of hydrogen-bond acceptors (Lipinski definition) is 4. The Morgan fingerprint density at radius 2 is 1.38 bits per heavy atom. The van der Waals surface area contributed by atoms with E-state index in [1.54, 1.807) is 24.3 Å². The third kappa shape index (κ3) is 8.01. The van der Waals surface area contributed by atoms with E-state index in [0.717, 1.165) is 37.1 Å². The maximum absolute atomic E-state index is 12.9. The van der Waals surface area contributed by atoms with Crippen molar-refractivity contribution in [3.63, 3.8) is 0 Å². The van der Waals surface area contributed by atoms with Crippen molar-refractivity contribution in [3.8, 4) is 0 Å². The van der Waals surface area contributed by atoms with Crippen LogP contribution in [0, 0.1) is 0 Å². The summed E-state index contributed by atoms with van der Waals surface area (Å²) in [6, 6.07) is 24.4. The summed E-state index contributed by atoms with van der Waals surface area (Å²) >= 11 is 5.28. The SMILES string of the molecule is CCCCCCC(=O)NC(=S)Nc1ccccc1C(=O)Nc1ccc(Nc2ccccc2)cc1. The van der Waals surface area contributed by atoms with Gasteiger partial charge in [0.2, 0.25) is 5.91 Å². The molecule has 7 heteroatoms. The van der Waals surface area contributed by atoms with Crippen LogP contribution in [0.25, 0.3) is 0 Å². The third-order valence-electron chi connectivity index (χ3n) is 5.14. The van der Waals surface area contributed by atoms with Crippen LogP contribution in [0.15, 0.2) is 78.9 Å². The number of anilines is 4. The van der Waals surface area contributed by atoms with Crippen LogP contribution in [0.5, 0.6) is 0 Å². The molecule has 3 rings (SSSR count). The first-order valence-electron chi connectivity index (χ1n) is 11.5. The molecule has 0 atom stereocenters. The highest BCUT2D eigenvalue weighted by molar-refractivity contribution is 7.80. The molecule has 0 radical (unpaired) electrons. The quantitative estimate of drug-likeness (QED) is 0.200. The molecule has 0 aliphatic carbocycles. The summed E-state index contributed by atoms with van der Waals surface area (Å²) in [5, 5.41) is 12.1. The molecular formula is C27H30N4O2S. The summed E-state index contributed by atoms with van der Waals surface area (Å²) in [7, 11) is 0. The molecule has 0 aliphatic rings. The normalized spacial score (nSPS) is 10.3. The lowest BCUT2D eigenvalue weighted by molar-refractivity contribution is -0.119. The summed E-state index contributed by atoms with van der Waals surface area (Å²) in [6.07, 6.45) is 4.52. The Morgan fingerprint density at radius 1 is 0.735 bits per heavy atom. The minimum Gasteiger partial charge on any atom is -0.356 e. The number of hydrogen-bond donors (Lipinski definition) is 4. The number of para-hydroxylation sites is 2. The first-order valence-corrected chi connectivity index (χ1v) is 11.9. The van der Waals surface area contributed by atoms with E-state index in [-0.39, 0.29) is 16.9 Å². The van der Waals surface area contributed by atoms with Gasteiger partial charge in [0, 0.05) is 23.5 Å². The number of nitrogens with one attached hydrogen (secondary N) is 4. The fraction of sp³-hybridized carbons (Fsp3) is 0.222. The zero-order valence-corrected chi connectivity index (χ0v) is 20.1. The van der Waals surface area contributed by atoms with E-state index in [2.05, 4.69) is 28.2 Å². The molecule has 0 saturated heterocycles. The fourth-order valence-electron chi connectivity index (χ4n) is 3.37. The van der Waals surface area contributed by atoms with Crippen LogP contribution >= 0.6 is 12.2 Å². The van der Waals surface area contributed by atoms with Crippen molar-refractivity contribution in [1.29, 1.82) is 0 Å². The Kier molecular flexibility index (Phi) is 9.61. The van der Waals surface area contributed by atoms with Gasteiger partial charge in [0.15, 0.2) is 5.11 Å². The van der Waals surface area contributed by atoms with Gasteiger partial charge in [-0.05, 0) is 67.2 Å². The smallest absolute Gasteiger partial charge is 0.257 e. The minimum absolute atomic E-state index is 0.125. The first kappa shape index (κ1) is 24.9. The summed E-state index contributed by atoms with van der Waals surface area (Å²) in [6.45, 7) is 2.13. The Bertz CT molecular complexity index is 1100. The molecule has 34 heavy (non-hydrogen) atoms. The van der Waals surface area contributed by atoms with Gasteiger partial charge >= 0.3 is 0 Å². The molecule has 0 saturated carbocycles. The van der Waals surface area contributed by atoms with Gasteiger partial charge < -0.3 is 21.3 Å². The molecule has 0 unspecified atom stereocenters. The van der Waals surface area contributed by atoms with Gasteiger partial charge in [0.1, 0.15) is 0 Å². The Balaban J connectivity index is 1.56. The van der Waals surface area contributed by atoms with Gasteiger partial charge in [-0.1, -0.05) is 56.5 Å². The second-order valence-corrected chi connectivity index (χ2v) is 8.29. The van der Waals surface area contributed by atoms with Crippen molar-refractivity contribution in [1.82, 2.24) is 5.32 Å². The van der Waals surface area contributed by atoms with Crippen LogP contribution in [0.2, 0.25) is 0 Å². The van der Waals surface area contributed by atoms with Crippen LogP contribution in [-0.4, -0.2) is 16.9 Å². The molecule has 0 fully saturated rings. The summed E-state index contributed by atoms with van der Waals surface area (Å²) < 4.78 is 0. The molecule has 0 aliphatic heterocycles. The first-order chi connectivity index (χ1) is 16.5. The van der Waals surface area contributed by atoms with Crippen molar-refractivity contribution in [2.24, 2.45) is 0 Å². The lowest BCUT2D eigenvalue weighted by atomic mass is 10.1. The topological polar surface area (TPSA) is 82.3 Å². The number of benzene rings is 3. The second-order valence-electron chi connectivity index (χ2n) is 7.88. The molecule has 0 aromatic heterocycles. The largest absolute Gasteiger partial charge is 0.356 e. The molecule has 0 spiro atoms. The highest BCUT2D eigenvalue weighted by Crippen LogP contribution is 2.21. The van der Waals surface area contributed by atoms with Crippen molar-refractivity contribution in [2.75, 3.05) is 16.0 Å². The molecule has 3 aromatic carbocycles. The van der Waals surface area contributed by atoms with Crippen molar-refractivity contribution in [2.45, 2.75) is 39.0 Å². The van der Waals surface area contributed by atoms with Crippen LogP contribution < -0.4 is 21.3 Å². The monoisotopic (exact) mass is 474 g/mol. The molecule has 0 bridgehead atoms. The fourth-order valence-corrected chi connectivity index (χ4v) is 3.59. The number of carbonyl (C=O) groups is 2. The van der Waals surface area contributed by atoms with Gasteiger partial charge in [0.05, 0.1) is 11.3 Å². The van der Waals surface area contributed by atoms with Crippen molar-refractivity contribution < 1.29 is 9.59 Å². The Labute approximate surface area is 206 Å². The molecule has 0 heterocycles. The Hall–Kier alpha value is -3.71. The van der Waals surface area contributed by atoms with E-state index >= 15 is 0 Å². The maximum atomic E-state index is 12.9. The van der Waals surface area contributed by atoms with Gasteiger partial charge in [-0.3, -0.25) is 9.59 Å². The summed E-state index contributed by atoms with van der Waals surface area (Å²) in [5.74, 6) is -0.403. The molecular weight excluding hydrogens is 444 g/mol. The standard InChI is InChI=1S/C27H30N4O2S/c1-2-3-4-8-15-25(32)31-27(34)30-24-14-10-9-13-23(24)26(33)29-22-18-16-21(17-19-22)28-20-11-6-5-7-12-20/h5-7,9-14,16-19,28H,2-4,8,15H2,1H3,(H,29,33)(H2,30,31,32,34). The average molecular weight is 475 g/mol. The highest BCUT2D eigenvalue weighted by atomic mass is 32.1. The minimum atomic E-state index is -0.277. The predicted molar refractivity (Wildman–Crippen MR) is 144 cm³/mol. The van der Waals surface area contributed by atoms with Gasteiger partial charge in [-0.2, -0.15) is 0 Å². The van der Waals surface area contributed by atoms with Crippen LogP contribution in [0.1, 0.15) is 49.4 Å². The number of thiocarbonyl (C=S) groups is 1. The summed E-state index contributed by atoms with van der Waals surface area (Å²) in [5.41, 5.74) is 3.53. The van der Waals surface area contributed by atoms with Crippen molar-refractivity contribution >= 4 is 51.9 Å². The number of carbonyl (C=O) groups excluding carboxylic acids is 2. The van der Waals surface area contributed by atoms with Gasteiger partial charge in [0.25, 0.3) is 5.91 Å². The highest BCUT2D eigenvalue weighted by Gasteiger charge is 2.13. The zero-order chi connectivity index (χ0) is 24.2. The molecule has 6 nitrogen and oxygen atoms in total. The predicted octanol–water partition coefficient (Wildman–Crippen LogP) is 6.47. The van der Waals surface area contributed by atoms with E-state index in [1.807, 2.05) is 54.6 Å². The van der Waals surface area contributed by atoms with Gasteiger partial charge in [-0.15, -0.1) is 0 Å². The van der Waals surface area contributed by atoms with E-state index < -0.39 is 0 Å². The second kappa shape index (κ2) is 13.1. The van der Waals surface area contributed by atoms with E-state index in [1.165, 1.54) is 0 Å². The number of amides is 2. The average Bonchev–Trinajstić information content (AvgIpc) is 2.84. The zero-order valence-electron chi connectivity index (χ0n) is 19.3. The van der Waals surface area contributed by atoms with E-state index in [0.29, 0.717) is 23.4 Å². The molecule has 4 N–H and O–H groups in total. The third-order valence-corrected chi connectivity index (χ3v) is 5.34. The van der Waals surface area contributed by atoms with Crippen LogP contribution in [-0.2, 0) is 4.79 Å². The molecule has 176 valence electrons. The van der Waals surface area contributed by atoms with E-state index in [9.17, 15) is 9.59 Å². The lowest BCUT2D eigenvalue weighted by Crippen LogP contribution is -2.34. The maximum Gasteiger partial charge on any atom is 0.257 e. The van der Waals surface area contributed by atoms with Crippen LogP contribution in [0.3, 0.4) is 0 Å². The lowest BCUT2D eigenvalue weighted by Gasteiger charge is -2.14. The number of unbranched alkanes of at least 4 members (excludes halogenated alkanes) is 3. The molecule has 2 amide bonds. The van der Waals surface area contributed by atoms with E-state index in [4.69, 9.17) is 12.2 Å². The van der Waals surface area contributed by atoms with Crippen LogP contribution in [0.4, 0.5) is 22.7 Å². The Morgan fingerprint density at radius 3 is 2.12 bits per heavy atom. The number of rotatable bonds is 10.